The average molecular weight is 374 g/mol. The molecule has 0 saturated carbocycles. The molecule has 1 fully saturated rings. The summed E-state index contributed by atoms with van der Waals surface area (Å²) in [5, 5.41) is 5.41. The van der Waals surface area contributed by atoms with Crippen LogP contribution in [0.5, 0.6) is 0 Å². The fraction of sp³-hybridized carbons (Fsp3) is 0.316. The number of pyridine rings is 1. The predicted molar refractivity (Wildman–Crippen MR) is 98.0 cm³/mol. The zero-order valence-electron chi connectivity index (χ0n) is 14.2. The number of halogens is 2. The van der Waals surface area contributed by atoms with Crippen molar-refractivity contribution in [2.45, 2.75) is 18.8 Å². The Bertz CT molecular complexity index is 1040. The van der Waals surface area contributed by atoms with Gasteiger partial charge >= 0.3 is 0 Å². The molecule has 1 aromatic carbocycles. The summed E-state index contributed by atoms with van der Waals surface area (Å²) in [5.74, 6) is -0.295. The second kappa shape index (κ2) is 6.78. The fourth-order valence-electron chi connectivity index (χ4n) is 3.34. The van der Waals surface area contributed by atoms with E-state index in [0.717, 1.165) is 18.5 Å². The lowest BCUT2D eigenvalue weighted by atomic mass is 9.94. The predicted octanol–water partition coefficient (Wildman–Crippen LogP) is 3.68. The van der Waals surface area contributed by atoms with Gasteiger partial charge in [-0.25, -0.2) is 9.07 Å². The van der Waals surface area contributed by atoms with Crippen LogP contribution in [0.2, 0.25) is 5.02 Å². The molecule has 2 aromatic heterocycles. The van der Waals surface area contributed by atoms with Gasteiger partial charge in [0.25, 0.3) is 5.56 Å². The van der Waals surface area contributed by atoms with Gasteiger partial charge in [-0.2, -0.15) is 5.10 Å². The first-order valence-corrected chi connectivity index (χ1v) is 8.82. The average Bonchev–Trinajstić information content (AvgIpc) is 2.65. The van der Waals surface area contributed by atoms with E-state index in [1.54, 1.807) is 25.4 Å². The van der Waals surface area contributed by atoms with E-state index < -0.39 is 5.82 Å². The second-order valence-electron chi connectivity index (χ2n) is 6.44. The van der Waals surface area contributed by atoms with Crippen LogP contribution in [0, 0.1) is 5.82 Å². The lowest BCUT2D eigenvalue weighted by molar-refractivity contribution is 0.0845. The molecule has 4 rings (SSSR count). The normalized spacial score (nSPS) is 15.5. The van der Waals surface area contributed by atoms with Crippen molar-refractivity contribution in [1.82, 2.24) is 14.8 Å². The molecular formula is C19H17ClFN3O2. The van der Waals surface area contributed by atoms with Gasteiger partial charge in [0.1, 0.15) is 5.82 Å². The van der Waals surface area contributed by atoms with E-state index in [-0.39, 0.29) is 11.5 Å². The molecule has 134 valence electrons. The van der Waals surface area contributed by atoms with E-state index >= 15 is 0 Å². The van der Waals surface area contributed by atoms with Crippen LogP contribution in [-0.2, 0) is 11.8 Å². The van der Waals surface area contributed by atoms with Gasteiger partial charge in [0.2, 0.25) is 0 Å². The maximum absolute atomic E-state index is 14.6. The van der Waals surface area contributed by atoms with Crippen LogP contribution in [0.1, 0.15) is 24.5 Å². The molecule has 26 heavy (non-hydrogen) atoms. The molecule has 0 aliphatic carbocycles. The Balaban J connectivity index is 2.00. The molecule has 0 bridgehead atoms. The molecule has 0 spiro atoms. The van der Waals surface area contributed by atoms with Crippen molar-refractivity contribution in [2.75, 3.05) is 13.2 Å². The molecule has 0 radical (unpaired) electrons. The summed E-state index contributed by atoms with van der Waals surface area (Å²) < 4.78 is 21.3. The molecule has 7 heteroatoms. The van der Waals surface area contributed by atoms with Gasteiger partial charge in [0, 0.05) is 47.8 Å². The molecule has 1 aliphatic rings. The number of nitrogens with zero attached hydrogens (tertiary/aromatic N) is 3. The Kier molecular flexibility index (Phi) is 4.46. The Hall–Kier alpha value is -2.31. The third-order valence-electron chi connectivity index (χ3n) is 4.79. The van der Waals surface area contributed by atoms with Crippen molar-refractivity contribution in [2.24, 2.45) is 7.05 Å². The third kappa shape index (κ3) is 2.99. The smallest absolute Gasteiger partial charge is 0.274 e. The van der Waals surface area contributed by atoms with Crippen molar-refractivity contribution in [1.29, 1.82) is 0 Å². The van der Waals surface area contributed by atoms with Gasteiger partial charge in [-0.05, 0) is 37.1 Å². The molecule has 0 amide bonds. The van der Waals surface area contributed by atoms with Gasteiger partial charge in [-0.3, -0.25) is 9.78 Å². The molecule has 1 aliphatic heterocycles. The summed E-state index contributed by atoms with van der Waals surface area (Å²) in [7, 11) is 1.60. The highest BCUT2D eigenvalue weighted by atomic mass is 35.5. The summed E-state index contributed by atoms with van der Waals surface area (Å²) in [6.45, 7) is 1.31. The lowest BCUT2D eigenvalue weighted by Gasteiger charge is -2.22. The van der Waals surface area contributed by atoms with Gasteiger partial charge < -0.3 is 4.74 Å². The van der Waals surface area contributed by atoms with E-state index in [4.69, 9.17) is 21.3 Å². The Morgan fingerprint density at radius 1 is 1.23 bits per heavy atom. The summed E-state index contributed by atoms with van der Waals surface area (Å²) in [6, 6.07) is 6.26. The van der Waals surface area contributed by atoms with Crippen LogP contribution >= 0.6 is 11.6 Å². The molecule has 3 heterocycles. The molecule has 0 atom stereocenters. The van der Waals surface area contributed by atoms with Crippen LogP contribution in [0.3, 0.4) is 0 Å². The van der Waals surface area contributed by atoms with Crippen LogP contribution in [-0.4, -0.2) is 28.0 Å². The highest BCUT2D eigenvalue weighted by Crippen LogP contribution is 2.33. The third-order valence-corrected chi connectivity index (χ3v) is 5.02. The molecule has 3 aromatic rings. The fourth-order valence-corrected chi connectivity index (χ4v) is 3.50. The van der Waals surface area contributed by atoms with Crippen molar-refractivity contribution in [3.8, 4) is 11.3 Å². The Labute approximate surface area is 154 Å². The van der Waals surface area contributed by atoms with Gasteiger partial charge in [-0.15, -0.1) is 0 Å². The van der Waals surface area contributed by atoms with Crippen molar-refractivity contribution < 1.29 is 9.13 Å². The van der Waals surface area contributed by atoms with Crippen molar-refractivity contribution >= 4 is 22.4 Å². The van der Waals surface area contributed by atoms with E-state index in [0.29, 0.717) is 40.3 Å². The van der Waals surface area contributed by atoms with Crippen molar-refractivity contribution in [3.05, 3.63) is 57.3 Å². The highest BCUT2D eigenvalue weighted by molar-refractivity contribution is 6.30. The monoisotopic (exact) mass is 373 g/mol. The molecular weight excluding hydrogens is 357 g/mol. The van der Waals surface area contributed by atoms with E-state index in [9.17, 15) is 9.18 Å². The highest BCUT2D eigenvalue weighted by Gasteiger charge is 2.22. The SMILES string of the molecule is Cn1ncc2c(-c3ccc(Cl)cc3F)nc(C3CCOCC3)cc2c1=O. The van der Waals surface area contributed by atoms with E-state index in [1.807, 2.05) is 6.07 Å². The summed E-state index contributed by atoms with van der Waals surface area (Å²) in [5.41, 5.74) is 1.29. The Morgan fingerprint density at radius 3 is 2.73 bits per heavy atom. The molecule has 0 unspecified atom stereocenters. The summed E-state index contributed by atoms with van der Waals surface area (Å²) >= 11 is 5.88. The van der Waals surface area contributed by atoms with E-state index in [1.165, 1.54) is 10.7 Å². The number of aromatic nitrogens is 3. The first kappa shape index (κ1) is 17.1. The number of aryl methyl sites for hydroxylation is 1. The molecule has 1 saturated heterocycles. The number of rotatable bonds is 2. The number of ether oxygens (including phenoxy) is 1. The van der Waals surface area contributed by atoms with Crippen LogP contribution in [0.4, 0.5) is 4.39 Å². The molecule has 0 N–H and O–H groups in total. The largest absolute Gasteiger partial charge is 0.381 e. The van der Waals surface area contributed by atoms with Crippen LogP contribution < -0.4 is 5.56 Å². The topological polar surface area (TPSA) is 57.0 Å². The minimum atomic E-state index is -0.476. The molecule has 5 nitrogen and oxygen atoms in total. The minimum absolute atomic E-state index is 0.181. The summed E-state index contributed by atoms with van der Waals surface area (Å²) in [4.78, 5) is 17.3. The maximum atomic E-state index is 14.6. The lowest BCUT2D eigenvalue weighted by Crippen LogP contribution is -2.21. The number of hydrogen-bond donors (Lipinski definition) is 0. The zero-order valence-corrected chi connectivity index (χ0v) is 15.0. The number of hydrogen-bond acceptors (Lipinski definition) is 4. The Morgan fingerprint density at radius 2 is 2.00 bits per heavy atom. The van der Waals surface area contributed by atoms with E-state index in [2.05, 4.69) is 5.10 Å². The van der Waals surface area contributed by atoms with Gasteiger partial charge in [0.05, 0.1) is 17.3 Å². The standard InChI is InChI=1S/C19H17ClFN3O2/c1-24-19(25)14-9-17(11-4-6-26-7-5-11)23-18(15(14)10-22-24)13-3-2-12(20)8-16(13)21/h2-3,8-11H,4-7H2,1H3. The minimum Gasteiger partial charge on any atom is -0.381 e. The zero-order chi connectivity index (χ0) is 18.3. The number of fused-ring (bicyclic) bond motifs is 1. The summed E-state index contributed by atoms with van der Waals surface area (Å²) in [6.07, 6.45) is 3.21. The number of benzene rings is 1. The van der Waals surface area contributed by atoms with Crippen LogP contribution in [0.25, 0.3) is 22.0 Å². The first-order chi connectivity index (χ1) is 12.5. The first-order valence-electron chi connectivity index (χ1n) is 8.44. The second-order valence-corrected chi connectivity index (χ2v) is 6.88. The quantitative estimate of drug-likeness (QED) is 0.687. The van der Waals surface area contributed by atoms with Gasteiger partial charge in [-0.1, -0.05) is 11.6 Å². The van der Waals surface area contributed by atoms with Crippen molar-refractivity contribution in [3.63, 3.8) is 0 Å². The van der Waals surface area contributed by atoms with Crippen LogP contribution in [0.15, 0.2) is 35.3 Å². The maximum Gasteiger partial charge on any atom is 0.274 e. The van der Waals surface area contributed by atoms with Gasteiger partial charge in [0.15, 0.2) is 0 Å².